The van der Waals surface area contributed by atoms with Gasteiger partial charge in [-0.1, -0.05) is 44.5 Å². The zero-order valence-corrected chi connectivity index (χ0v) is 10.7. The molecule has 0 aliphatic heterocycles. The number of Topliss-reactive ketones (excluding diaryl/α,β-unsaturated/α-hetero) is 1. The Morgan fingerprint density at radius 1 is 1.50 bits per heavy atom. The molecule has 0 amide bonds. The van der Waals surface area contributed by atoms with E-state index in [0.717, 1.165) is 0 Å². The van der Waals surface area contributed by atoms with Crippen LogP contribution >= 0.6 is 11.6 Å². The van der Waals surface area contributed by atoms with E-state index in [1.165, 1.54) is 0 Å². The van der Waals surface area contributed by atoms with E-state index in [4.69, 9.17) is 17.3 Å². The first-order chi connectivity index (χ1) is 7.41. The molecule has 0 bridgehead atoms. The standard InChI is InChI=1S/C13H18ClNO/c1-4-13(15,9(2)3)12(16)10-6-5-7-11(14)8-10/h5-9H,4,15H2,1-3H3. The average Bonchev–Trinajstić information content (AvgIpc) is 2.26. The maximum Gasteiger partial charge on any atom is 0.182 e. The summed E-state index contributed by atoms with van der Waals surface area (Å²) in [6.45, 7) is 5.86. The molecule has 0 saturated heterocycles. The van der Waals surface area contributed by atoms with Gasteiger partial charge in [0, 0.05) is 10.6 Å². The molecule has 0 heterocycles. The first-order valence-electron chi connectivity index (χ1n) is 5.51. The Labute approximate surface area is 102 Å². The van der Waals surface area contributed by atoms with Crippen LogP contribution in [0.4, 0.5) is 0 Å². The zero-order chi connectivity index (χ0) is 12.3. The SMILES string of the molecule is CCC(N)(C(=O)c1cccc(Cl)c1)C(C)C. The fourth-order valence-electron chi connectivity index (χ4n) is 1.73. The summed E-state index contributed by atoms with van der Waals surface area (Å²) in [4.78, 5) is 12.3. The van der Waals surface area contributed by atoms with E-state index < -0.39 is 5.54 Å². The van der Waals surface area contributed by atoms with Gasteiger partial charge in [-0.3, -0.25) is 4.79 Å². The molecule has 0 radical (unpaired) electrons. The number of rotatable bonds is 4. The Bertz CT molecular complexity index is 389. The molecule has 0 saturated carbocycles. The van der Waals surface area contributed by atoms with Crippen LogP contribution in [0, 0.1) is 5.92 Å². The van der Waals surface area contributed by atoms with E-state index in [1.54, 1.807) is 24.3 Å². The van der Waals surface area contributed by atoms with Gasteiger partial charge in [-0.05, 0) is 24.5 Å². The van der Waals surface area contributed by atoms with Crippen LogP contribution in [0.25, 0.3) is 0 Å². The molecule has 1 atom stereocenters. The quantitative estimate of drug-likeness (QED) is 0.820. The van der Waals surface area contributed by atoms with Crippen LogP contribution in [0.3, 0.4) is 0 Å². The smallest absolute Gasteiger partial charge is 0.182 e. The number of ketones is 1. The van der Waals surface area contributed by atoms with E-state index in [9.17, 15) is 4.79 Å². The highest BCUT2D eigenvalue weighted by molar-refractivity contribution is 6.31. The highest BCUT2D eigenvalue weighted by Gasteiger charge is 2.35. The second-order valence-electron chi connectivity index (χ2n) is 4.39. The molecule has 3 heteroatoms. The molecule has 0 aliphatic carbocycles. The third kappa shape index (κ3) is 2.45. The van der Waals surface area contributed by atoms with Gasteiger partial charge >= 0.3 is 0 Å². The van der Waals surface area contributed by atoms with Crippen molar-refractivity contribution < 1.29 is 4.79 Å². The first-order valence-corrected chi connectivity index (χ1v) is 5.89. The second kappa shape index (κ2) is 4.98. The molecule has 0 fully saturated rings. The second-order valence-corrected chi connectivity index (χ2v) is 4.82. The lowest BCUT2D eigenvalue weighted by molar-refractivity contribution is 0.0837. The van der Waals surface area contributed by atoms with Gasteiger partial charge in [0.25, 0.3) is 0 Å². The van der Waals surface area contributed by atoms with Crippen molar-refractivity contribution in [3.63, 3.8) is 0 Å². The molecule has 88 valence electrons. The lowest BCUT2D eigenvalue weighted by Crippen LogP contribution is -2.51. The molecule has 2 nitrogen and oxygen atoms in total. The van der Waals surface area contributed by atoms with Crippen LogP contribution in [-0.4, -0.2) is 11.3 Å². The molecule has 1 aromatic carbocycles. The number of nitrogens with two attached hydrogens (primary N) is 1. The van der Waals surface area contributed by atoms with Crippen molar-refractivity contribution in [1.82, 2.24) is 0 Å². The molecular formula is C13H18ClNO. The summed E-state index contributed by atoms with van der Waals surface area (Å²) in [5, 5.41) is 0.563. The number of carbonyl (C=O) groups excluding carboxylic acids is 1. The van der Waals surface area contributed by atoms with Crippen LogP contribution in [0.15, 0.2) is 24.3 Å². The maximum atomic E-state index is 12.3. The highest BCUT2D eigenvalue weighted by atomic mass is 35.5. The van der Waals surface area contributed by atoms with E-state index in [2.05, 4.69) is 0 Å². The molecule has 2 N–H and O–H groups in total. The Morgan fingerprint density at radius 2 is 2.12 bits per heavy atom. The number of carbonyl (C=O) groups is 1. The average molecular weight is 240 g/mol. The Hall–Kier alpha value is -0.860. The largest absolute Gasteiger partial charge is 0.318 e. The summed E-state index contributed by atoms with van der Waals surface area (Å²) in [7, 11) is 0. The number of benzene rings is 1. The summed E-state index contributed by atoms with van der Waals surface area (Å²) in [5.74, 6) is 0.0662. The Kier molecular flexibility index (Phi) is 4.11. The van der Waals surface area contributed by atoms with Crippen LogP contribution in [0.5, 0.6) is 0 Å². The van der Waals surface area contributed by atoms with Crippen molar-refractivity contribution in [3.05, 3.63) is 34.9 Å². The molecule has 0 aliphatic rings. The van der Waals surface area contributed by atoms with Gasteiger partial charge in [-0.2, -0.15) is 0 Å². The normalized spacial score (nSPS) is 14.9. The third-order valence-corrected chi connectivity index (χ3v) is 3.36. The summed E-state index contributed by atoms with van der Waals surface area (Å²) >= 11 is 5.87. The lowest BCUT2D eigenvalue weighted by atomic mass is 9.78. The van der Waals surface area contributed by atoms with Gasteiger partial charge in [0.15, 0.2) is 5.78 Å². The van der Waals surface area contributed by atoms with Crippen molar-refractivity contribution in [2.75, 3.05) is 0 Å². The van der Waals surface area contributed by atoms with Gasteiger partial charge < -0.3 is 5.73 Å². The minimum atomic E-state index is -0.801. The first kappa shape index (κ1) is 13.2. The third-order valence-electron chi connectivity index (χ3n) is 3.12. The monoisotopic (exact) mass is 239 g/mol. The van der Waals surface area contributed by atoms with Crippen LogP contribution < -0.4 is 5.73 Å². The van der Waals surface area contributed by atoms with Crippen LogP contribution in [0.1, 0.15) is 37.6 Å². The summed E-state index contributed by atoms with van der Waals surface area (Å²) in [5.41, 5.74) is 5.96. The van der Waals surface area contributed by atoms with E-state index in [1.807, 2.05) is 20.8 Å². The topological polar surface area (TPSA) is 43.1 Å². The predicted octanol–water partition coefficient (Wildman–Crippen LogP) is 3.29. The van der Waals surface area contributed by atoms with Crippen molar-refractivity contribution in [2.45, 2.75) is 32.7 Å². The number of hydrogen-bond acceptors (Lipinski definition) is 2. The van der Waals surface area contributed by atoms with Gasteiger partial charge in [-0.15, -0.1) is 0 Å². The summed E-state index contributed by atoms with van der Waals surface area (Å²) < 4.78 is 0. The van der Waals surface area contributed by atoms with E-state index in [0.29, 0.717) is 17.0 Å². The van der Waals surface area contributed by atoms with Gasteiger partial charge in [0.05, 0.1) is 5.54 Å². The fraction of sp³-hybridized carbons (Fsp3) is 0.462. The predicted molar refractivity (Wildman–Crippen MR) is 67.8 cm³/mol. The van der Waals surface area contributed by atoms with Gasteiger partial charge in [0.1, 0.15) is 0 Å². The van der Waals surface area contributed by atoms with Crippen molar-refractivity contribution >= 4 is 17.4 Å². The van der Waals surface area contributed by atoms with E-state index >= 15 is 0 Å². The molecule has 0 spiro atoms. The van der Waals surface area contributed by atoms with E-state index in [-0.39, 0.29) is 11.7 Å². The van der Waals surface area contributed by atoms with Gasteiger partial charge in [-0.25, -0.2) is 0 Å². The highest BCUT2D eigenvalue weighted by Crippen LogP contribution is 2.24. The zero-order valence-electron chi connectivity index (χ0n) is 9.96. The Balaban J connectivity index is 3.10. The van der Waals surface area contributed by atoms with Crippen molar-refractivity contribution in [2.24, 2.45) is 11.7 Å². The summed E-state index contributed by atoms with van der Waals surface area (Å²) in [6.07, 6.45) is 0.621. The molecule has 1 unspecified atom stereocenters. The number of halogens is 1. The lowest BCUT2D eigenvalue weighted by Gasteiger charge is -2.30. The van der Waals surface area contributed by atoms with Crippen molar-refractivity contribution in [1.29, 1.82) is 0 Å². The number of hydrogen-bond donors (Lipinski definition) is 1. The minimum Gasteiger partial charge on any atom is -0.318 e. The van der Waals surface area contributed by atoms with Gasteiger partial charge in [0.2, 0.25) is 0 Å². The minimum absolute atomic E-state index is 0.0347. The summed E-state index contributed by atoms with van der Waals surface area (Å²) in [6, 6.07) is 6.95. The van der Waals surface area contributed by atoms with Crippen LogP contribution in [0.2, 0.25) is 5.02 Å². The molecule has 0 aromatic heterocycles. The van der Waals surface area contributed by atoms with Crippen molar-refractivity contribution in [3.8, 4) is 0 Å². The maximum absolute atomic E-state index is 12.3. The molecular weight excluding hydrogens is 222 g/mol. The Morgan fingerprint density at radius 3 is 2.56 bits per heavy atom. The molecule has 16 heavy (non-hydrogen) atoms. The molecule has 1 rings (SSSR count). The fourth-order valence-corrected chi connectivity index (χ4v) is 1.92. The van der Waals surface area contributed by atoms with Crippen LogP contribution in [-0.2, 0) is 0 Å². The molecule has 1 aromatic rings.